The maximum absolute atomic E-state index is 12.5. The second kappa shape index (κ2) is 10.4. The van der Waals surface area contributed by atoms with Gasteiger partial charge in [-0.05, 0) is 44.7 Å². The van der Waals surface area contributed by atoms with Crippen LogP contribution in [0.15, 0.2) is 29.2 Å². The number of rotatable bonds is 5. The van der Waals surface area contributed by atoms with Gasteiger partial charge < -0.3 is 15.5 Å². The lowest BCUT2D eigenvalue weighted by atomic mass is 9.95. The van der Waals surface area contributed by atoms with Crippen molar-refractivity contribution in [3.8, 4) is 0 Å². The first-order valence-electron chi connectivity index (χ1n) is 10.3. The van der Waals surface area contributed by atoms with E-state index in [9.17, 15) is 9.59 Å². The minimum atomic E-state index is -0.215. The van der Waals surface area contributed by atoms with E-state index in [4.69, 9.17) is 11.6 Å². The molecule has 1 aliphatic heterocycles. The molecule has 1 saturated heterocycles. The normalized spacial score (nSPS) is 19.9. The first kappa shape index (κ1) is 21.3. The molecule has 3 rings (SSSR count). The second-order valence-electron chi connectivity index (χ2n) is 7.74. The average molecular weight is 424 g/mol. The van der Waals surface area contributed by atoms with Gasteiger partial charge in [-0.15, -0.1) is 11.8 Å². The summed E-state index contributed by atoms with van der Waals surface area (Å²) < 4.78 is 0. The molecule has 2 N–H and O–H groups in total. The van der Waals surface area contributed by atoms with Gasteiger partial charge in [0.15, 0.2) is 0 Å². The van der Waals surface area contributed by atoms with Gasteiger partial charge in [0.25, 0.3) is 0 Å². The number of hydrogen-bond acceptors (Lipinski definition) is 3. The lowest BCUT2D eigenvalue weighted by Gasteiger charge is -2.34. The van der Waals surface area contributed by atoms with Crippen LogP contribution in [-0.2, 0) is 4.79 Å². The molecular formula is C21H30ClN3O2S. The number of piperidine rings is 1. The van der Waals surface area contributed by atoms with Crippen LogP contribution in [0.3, 0.4) is 0 Å². The third-order valence-corrected chi connectivity index (χ3v) is 7.19. The highest BCUT2D eigenvalue weighted by Gasteiger charge is 2.27. The van der Waals surface area contributed by atoms with E-state index in [1.807, 2.05) is 36.1 Å². The van der Waals surface area contributed by atoms with Crippen molar-refractivity contribution in [2.45, 2.75) is 74.1 Å². The molecule has 1 atom stereocenters. The number of urea groups is 1. The number of nitrogens with zero attached hydrogens (tertiary/aromatic N) is 1. The number of amides is 3. The van der Waals surface area contributed by atoms with Gasteiger partial charge >= 0.3 is 6.03 Å². The zero-order valence-corrected chi connectivity index (χ0v) is 18.0. The van der Waals surface area contributed by atoms with Crippen molar-refractivity contribution < 1.29 is 9.59 Å². The number of hydrogen-bond donors (Lipinski definition) is 2. The molecule has 1 heterocycles. The minimum absolute atomic E-state index is 0.0232. The molecule has 0 radical (unpaired) electrons. The molecule has 3 amide bonds. The summed E-state index contributed by atoms with van der Waals surface area (Å²) in [5.74, 6) is 0.0232. The van der Waals surface area contributed by atoms with Crippen LogP contribution >= 0.6 is 23.4 Å². The fourth-order valence-electron chi connectivity index (χ4n) is 3.84. The topological polar surface area (TPSA) is 61.4 Å². The molecule has 1 aromatic carbocycles. The second-order valence-corrected chi connectivity index (χ2v) is 9.53. The largest absolute Gasteiger partial charge is 0.352 e. The summed E-state index contributed by atoms with van der Waals surface area (Å²) in [6, 6.07) is 8.09. The van der Waals surface area contributed by atoms with Crippen molar-refractivity contribution in [2.24, 2.45) is 0 Å². The first-order valence-corrected chi connectivity index (χ1v) is 11.6. The van der Waals surface area contributed by atoms with Crippen molar-refractivity contribution in [2.75, 3.05) is 13.1 Å². The number of likely N-dealkylation sites (tertiary alicyclic amines) is 1. The molecule has 154 valence electrons. The molecule has 0 aromatic heterocycles. The lowest BCUT2D eigenvalue weighted by molar-refractivity contribution is -0.121. The monoisotopic (exact) mass is 423 g/mol. The minimum Gasteiger partial charge on any atom is -0.352 e. The van der Waals surface area contributed by atoms with Gasteiger partial charge in [0.2, 0.25) is 5.91 Å². The SMILES string of the molecule is CC(Sc1ccccc1Cl)C(=O)NC1CCN(C(=O)NC2CCCCC2)CC1. The Morgan fingerprint density at radius 1 is 1.04 bits per heavy atom. The highest BCUT2D eigenvalue weighted by atomic mass is 35.5. The molecule has 0 spiro atoms. The van der Waals surface area contributed by atoms with E-state index in [0.717, 1.165) is 30.6 Å². The van der Waals surface area contributed by atoms with Gasteiger partial charge in [-0.25, -0.2) is 4.79 Å². The predicted molar refractivity (Wildman–Crippen MR) is 115 cm³/mol. The summed E-state index contributed by atoms with van der Waals surface area (Å²) in [6.07, 6.45) is 7.50. The maximum Gasteiger partial charge on any atom is 0.317 e. The van der Waals surface area contributed by atoms with Crippen molar-refractivity contribution in [1.29, 1.82) is 0 Å². The van der Waals surface area contributed by atoms with E-state index in [2.05, 4.69) is 10.6 Å². The van der Waals surface area contributed by atoms with E-state index in [-0.39, 0.29) is 23.2 Å². The highest BCUT2D eigenvalue weighted by Crippen LogP contribution is 2.30. The molecule has 1 aliphatic carbocycles. The summed E-state index contributed by atoms with van der Waals surface area (Å²) in [7, 11) is 0. The molecule has 2 fully saturated rings. The molecule has 1 saturated carbocycles. The van der Waals surface area contributed by atoms with Crippen LogP contribution in [0.1, 0.15) is 51.9 Å². The van der Waals surface area contributed by atoms with Gasteiger partial charge in [0.05, 0.1) is 10.3 Å². The van der Waals surface area contributed by atoms with E-state index < -0.39 is 0 Å². The molecule has 0 bridgehead atoms. The Hall–Kier alpha value is -1.40. The van der Waals surface area contributed by atoms with E-state index >= 15 is 0 Å². The Morgan fingerprint density at radius 3 is 2.36 bits per heavy atom. The van der Waals surface area contributed by atoms with Crippen LogP contribution in [0, 0.1) is 0 Å². The van der Waals surface area contributed by atoms with E-state index in [1.165, 1.54) is 31.0 Å². The predicted octanol–water partition coefficient (Wildman–Crippen LogP) is 4.44. The van der Waals surface area contributed by atoms with Gasteiger partial charge in [-0.1, -0.05) is 43.0 Å². The zero-order chi connectivity index (χ0) is 19.9. The molecule has 5 nitrogen and oxygen atoms in total. The summed E-state index contributed by atoms with van der Waals surface area (Å²) >= 11 is 7.66. The van der Waals surface area contributed by atoms with Crippen molar-refractivity contribution in [3.63, 3.8) is 0 Å². The van der Waals surface area contributed by atoms with Crippen LogP contribution in [0.25, 0.3) is 0 Å². The van der Waals surface area contributed by atoms with Crippen molar-refractivity contribution in [1.82, 2.24) is 15.5 Å². The summed E-state index contributed by atoms with van der Waals surface area (Å²) in [6.45, 7) is 3.28. The van der Waals surface area contributed by atoms with Gasteiger partial charge in [0.1, 0.15) is 0 Å². The maximum atomic E-state index is 12.5. The number of carbonyl (C=O) groups is 2. The summed E-state index contributed by atoms with van der Waals surface area (Å²) in [4.78, 5) is 27.8. The van der Waals surface area contributed by atoms with Gasteiger partial charge in [-0.3, -0.25) is 4.79 Å². The number of carbonyl (C=O) groups excluding carboxylic acids is 2. The standard InChI is InChI=1S/C21H30ClN3O2S/c1-15(28-19-10-6-5-9-18(19)22)20(26)23-17-11-13-25(14-12-17)21(27)24-16-7-3-2-4-8-16/h5-6,9-10,15-17H,2-4,7-8,11-14H2,1H3,(H,23,26)(H,24,27). The van der Waals surface area contributed by atoms with Gasteiger partial charge in [0, 0.05) is 30.1 Å². The number of halogens is 1. The van der Waals surface area contributed by atoms with E-state index in [1.54, 1.807) is 0 Å². The molecule has 28 heavy (non-hydrogen) atoms. The Bertz CT molecular complexity index is 673. The molecule has 7 heteroatoms. The smallest absolute Gasteiger partial charge is 0.317 e. The van der Waals surface area contributed by atoms with Crippen LogP contribution < -0.4 is 10.6 Å². The summed E-state index contributed by atoms with van der Waals surface area (Å²) in [5.41, 5.74) is 0. The van der Waals surface area contributed by atoms with Crippen molar-refractivity contribution >= 4 is 35.3 Å². The molecule has 2 aliphatic rings. The zero-order valence-electron chi connectivity index (χ0n) is 16.5. The first-order chi connectivity index (χ1) is 13.5. The Morgan fingerprint density at radius 2 is 1.68 bits per heavy atom. The molecule has 1 unspecified atom stereocenters. The Labute approximate surface area is 177 Å². The van der Waals surface area contributed by atoms with E-state index in [0.29, 0.717) is 24.2 Å². The van der Waals surface area contributed by atoms with Crippen molar-refractivity contribution in [3.05, 3.63) is 29.3 Å². The fourth-order valence-corrected chi connectivity index (χ4v) is 5.01. The van der Waals surface area contributed by atoms with Gasteiger partial charge in [-0.2, -0.15) is 0 Å². The Balaban J connectivity index is 1.40. The third kappa shape index (κ3) is 6.05. The molecule has 1 aromatic rings. The average Bonchev–Trinajstić information content (AvgIpc) is 2.71. The third-order valence-electron chi connectivity index (χ3n) is 5.57. The highest BCUT2D eigenvalue weighted by molar-refractivity contribution is 8.00. The molecular weight excluding hydrogens is 394 g/mol. The lowest BCUT2D eigenvalue weighted by Crippen LogP contribution is -2.52. The Kier molecular flexibility index (Phi) is 7.91. The van der Waals surface area contributed by atoms with Crippen LogP contribution in [0.4, 0.5) is 4.79 Å². The van der Waals surface area contributed by atoms with Crippen LogP contribution in [-0.4, -0.2) is 47.3 Å². The number of thioether (sulfide) groups is 1. The quantitative estimate of drug-likeness (QED) is 0.688. The summed E-state index contributed by atoms with van der Waals surface area (Å²) in [5, 5.41) is 6.77. The number of benzene rings is 1. The number of nitrogens with one attached hydrogen (secondary N) is 2. The van der Waals surface area contributed by atoms with Crippen LogP contribution in [0.2, 0.25) is 5.02 Å². The van der Waals surface area contributed by atoms with Crippen LogP contribution in [0.5, 0.6) is 0 Å². The fraction of sp³-hybridized carbons (Fsp3) is 0.619.